The Hall–Kier alpha value is -0.760. The van der Waals surface area contributed by atoms with E-state index in [0.29, 0.717) is 0 Å². The Labute approximate surface area is 95.4 Å². The largest absolute Gasteiger partial charge is 0.365 e. The molecule has 0 amide bonds. The van der Waals surface area contributed by atoms with E-state index in [1.807, 2.05) is 0 Å². The van der Waals surface area contributed by atoms with Crippen LogP contribution in [0.5, 0.6) is 0 Å². The van der Waals surface area contributed by atoms with Gasteiger partial charge in [0.2, 0.25) is 5.96 Å². The van der Waals surface area contributed by atoms with Crippen LogP contribution in [-0.2, 0) is 9.13 Å². The topological polar surface area (TPSA) is 155 Å². The van der Waals surface area contributed by atoms with E-state index in [1.54, 1.807) is 0 Å². The van der Waals surface area contributed by atoms with Gasteiger partial charge in [-0.05, 0) is 0 Å². The summed E-state index contributed by atoms with van der Waals surface area (Å²) < 4.78 is 22.7. The van der Waals surface area contributed by atoms with E-state index in [0.717, 1.165) is 0 Å². The molecule has 0 aromatic rings. The zero-order valence-corrected chi connectivity index (χ0v) is 10.1. The molecule has 0 aromatic carbocycles. The molecule has 0 unspecified atom stereocenters. The van der Waals surface area contributed by atoms with Crippen molar-refractivity contribution in [2.45, 2.75) is 11.4 Å². The molecule has 0 fully saturated rings. The molecule has 2 aliphatic heterocycles. The first-order valence-corrected chi connectivity index (χ1v) is 7.67. The molecule has 5 N–H and O–H groups in total. The molecule has 2 rings (SSSR count). The van der Waals surface area contributed by atoms with Gasteiger partial charge in [0, 0.05) is 13.0 Å². The van der Waals surface area contributed by atoms with Crippen LogP contribution in [0.25, 0.3) is 0 Å². The fourth-order valence-electron chi connectivity index (χ4n) is 1.61. The molecule has 96 valence electrons. The highest BCUT2D eigenvalue weighted by molar-refractivity contribution is 7.72. The second-order valence-corrected chi connectivity index (χ2v) is 7.57. The summed E-state index contributed by atoms with van der Waals surface area (Å²) in [4.78, 5) is 43.8. The molecule has 0 aliphatic carbocycles. The van der Waals surface area contributed by atoms with E-state index >= 15 is 0 Å². The Morgan fingerprint density at radius 2 is 1.88 bits per heavy atom. The van der Waals surface area contributed by atoms with Crippen molar-refractivity contribution in [3.05, 3.63) is 0 Å². The molecule has 0 saturated carbocycles. The van der Waals surface area contributed by atoms with Crippen molar-refractivity contribution in [2.75, 3.05) is 6.54 Å². The molecule has 0 radical (unpaired) electrons. The maximum Gasteiger partial charge on any atom is 0.365 e. The van der Waals surface area contributed by atoms with Crippen LogP contribution in [-0.4, -0.2) is 48.4 Å². The first-order valence-electron chi connectivity index (χ1n) is 4.45. The molecule has 2 heterocycles. The Balaban J connectivity index is 2.58. The Bertz CT molecular complexity index is 469. The van der Waals surface area contributed by atoms with Crippen LogP contribution in [0.4, 0.5) is 0 Å². The normalized spacial score (nSPS) is 23.1. The first-order chi connectivity index (χ1) is 7.67. The summed E-state index contributed by atoms with van der Waals surface area (Å²) in [6.07, 6.45) is 0.746. The van der Waals surface area contributed by atoms with Crippen LogP contribution in [0.3, 0.4) is 0 Å². The van der Waals surface area contributed by atoms with Crippen molar-refractivity contribution in [3.63, 3.8) is 0 Å². The number of nitrogens with zero attached hydrogens (tertiary/aromatic N) is 3. The quantitative estimate of drug-likeness (QED) is 0.388. The minimum atomic E-state index is -5.12. The molecular weight excluding hydrogens is 274 g/mol. The second kappa shape index (κ2) is 3.61. The Morgan fingerprint density at radius 1 is 1.29 bits per heavy atom. The first kappa shape index (κ1) is 12.7. The summed E-state index contributed by atoms with van der Waals surface area (Å²) in [5.74, 6) is -0.150. The molecule has 0 atom stereocenters. The minimum absolute atomic E-state index is 0.0188. The van der Waals surface area contributed by atoms with Crippen LogP contribution >= 0.6 is 15.2 Å². The molecule has 17 heavy (non-hydrogen) atoms. The van der Waals surface area contributed by atoms with Crippen LogP contribution in [0.2, 0.25) is 0 Å². The number of hydrazine groups is 1. The molecule has 0 spiro atoms. The Kier molecular flexibility index (Phi) is 2.70. The number of fused-ring (bicyclic) bond motifs is 1. The number of rotatable bonds is 2. The molecule has 2 aliphatic rings. The van der Waals surface area contributed by atoms with E-state index in [4.69, 9.17) is 19.6 Å². The molecular formula is C5H10N4O6P2. The molecule has 0 aromatic heterocycles. The fourth-order valence-corrected chi connectivity index (χ4v) is 4.19. The van der Waals surface area contributed by atoms with Gasteiger partial charge >= 0.3 is 15.2 Å². The minimum Gasteiger partial charge on any atom is -0.322 e. The van der Waals surface area contributed by atoms with Gasteiger partial charge in [0.15, 0.2) is 0 Å². The maximum absolute atomic E-state index is 11.3. The number of aliphatic imine (C=N–C) groups is 2. The molecule has 0 bridgehead atoms. The SMILES string of the molecule is O=P(O)(O)C1(P(=O)(O)O)CCN2NC=NC2=N1. The van der Waals surface area contributed by atoms with Crippen molar-refractivity contribution in [1.29, 1.82) is 0 Å². The summed E-state index contributed by atoms with van der Waals surface area (Å²) >= 11 is 0. The van der Waals surface area contributed by atoms with E-state index in [9.17, 15) is 9.13 Å². The Morgan fingerprint density at radius 3 is 2.41 bits per heavy atom. The summed E-state index contributed by atoms with van der Waals surface area (Å²) in [5.41, 5.74) is 2.60. The van der Waals surface area contributed by atoms with Crippen LogP contribution in [0.1, 0.15) is 6.42 Å². The van der Waals surface area contributed by atoms with Gasteiger partial charge in [0.05, 0.1) is 0 Å². The average Bonchev–Trinajstić information content (AvgIpc) is 2.59. The molecule has 12 heteroatoms. The van der Waals surface area contributed by atoms with Crippen molar-refractivity contribution in [3.8, 4) is 0 Å². The highest BCUT2D eigenvalue weighted by Crippen LogP contribution is 2.72. The van der Waals surface area contributed by atoms with E-state index in [2.05, 4.69) is 15.4 Å². The summed E-state index contributed by atoms with van der Waals surface area (Å²) in [6.45, 7) is -0.0188. The fraction of sp³-hybridized carbons (Fsp3) is 0.600. The smallest absolute Gasteiger partial charge is 0.322 e. The van der Waals surface area contributed by atoms with Gasteiger partial charge < -0.3 is 19.6 Å². The predicted octanol–water partition coefficient (Wildman–Crippen LogP) is -1.40. The van der Waals surface area contributed by atoms with Crippen molar-refractivity contribution >= 4 is 27.5 Å². The van der Waals surface area contributed by atoms with Crippen LogP contribution in [0.15, 0.2) is 9.98 Å². The maximum atomic E-state index is 11.3. The number of nitrogens with one attached hydrogen (secondary N) is 1. The van der Waals surface area contributed by atoms with E-state index in [-0.39, 0.29) is 12.5 Å². The van der Waals surface area contributed by atoms with Gasteiger partial charge in [0.25, 0.3) is 5.02 Å². The van der Waals surface area contributed by atoms with Crippen molar-refractivity contribution in [1.82, 2.24) is 10.4 Å². The number of hydrogen-bond acceptors (Lipinski definition) is 6. The lowest BCUT2D eigenvalue weighted by atomic mass is 10.3. The van der Waals surface area contributed by atoms with E-state index < -0.39 is 26.6 Å². The summed E-state index contributed by atoms with van der Waals surface area (Å²) in [5, 5.41) is -1.39. The van der Waals surface area contributed by atoms with Crippen molar-refractivity contribution < 1.29 is 28.7 Å². The van der Waals surface area contributed by atoms with Gasteiger partial charge in [-0.2, -0.15) is 0 Å². The molecule has 10 nitrogen and oxygen atoms in total. The summed E-state index contributed by atoms with van der Waals surface area (Å²) in [6, 6.07) is 0. The third-order valence-corrected chi connectivity index (χ3v) is 6.59. The predicted molar refractivity (Wildman–Crippen MR) is 57.2 cm³/mol. The van der Waals surface area contributed by atoms with Gasteiger partial charge in [-0.25, -0.2) is 9.98 Å². The third-order valence-electron chi connectivity index (χ3n) is 2.52. The van der Waals surface area contributed by atoms with E-state index in [1.165, 1.54) is 11.3 Å². The standard InChI is InChI=1S/C5H10N4O6P2/c10-16(11,12)5(17(13,14)15)1-2-9-4(8-5)6-3-7-9/h3H,1-2H2,(H,6,7,8)(H2,10,11,12)(H2,13,14,15). The highest BCUT2D eigenvalue weighted by atomic mass is 31.2. The van der Waals surface area contributed by atoms with Gasteiger partial charge in [-0.1, -0.05) is 0 Å². The lowest BCUT2D eigenvalue weighted by Gasteiger charge is -2.36. The summed E-state index contributed by atoms with van der Waals surface area (Å²) in [7, 11) is -10.2. The lowest BCUT2D eigenvalue weighted by molar-refractivity contribution is 0.272. The van der Waals surface area contributed by atoms with Gasteiger partial charge in [0.1, 0.15) is 6.34 Å². The lowest BCUT2D eigenvalue weighted by Crippen LogP contribution is -2.46. The second-order valence-electron chi connectivity index (χ2n) is 3.56. The van der Waals surface area contributed by atoms with Crippen LogP contribution < -0.4 is 5.43 Å². The average molecular weight is 284 g/mol. The number of hydrogen-bond donors (Lipinski definition) is 5. The monoisotopic (exact) mass is 284 g/mol. The zero-order valence-electron chi connectivity index (χ0n) is 8.33. The third kappa shape index (κ3) is 1.83. The van der Waals surface area contributed by atoms with Gasteiger partial charge in [-0.15, -0.1) is 0 Å². The van der Waals surface area contributed by atoms with Crippen molar-refractivity contribution in [2.24, 2.45) is 9.98 Å². The number of guanidine groups is 1. The highest BCUT2D eigenvalue weighted by Gasteiger charge is 2.62. The zero-order chi connectivity index (χ0) is 12.9. The van der Waals surface area contributed by atoms with Gasteiger partial charge in [-0.3, -0.25) is 19.6 Å². The molecule has 0 saturated heterocycles. The van der Waals surface area contributed by atoms with Crippen LogP contribution in [0, 0.1) is 0 Å².